The molecule has 0 amide bonds. The first-order valence-electron chi connectivity index (χ1n) is 7.32. The summed E-state index contributed by atoms with van der Waals surface area (Å²) < 4.78 is 5.50. The van der Waals surface area contributed by atoms with Crippen LogP contribution >= 0.6 is 11.3 Å². The molecular formula is C18H17NOS. The number of fused-ring (bicyclic) bond motifs is 1. The molecule has 0 atom stereocenters. The van der Waals surface area contributed by atoms with Crippen LogP contribution in [0, 0.1) is 0 Å². The minimum Gasteiger partial charge on any atom is -0.378 e. The van der Waals surface area contributed by atoms with Gasteiger partial charge in [0.1, 0.15) is 0 Å². The van der Waals surface area contributed by atoms with E-state index in [1.54, 1.807) is 0 Å². The minimum absolute atomic E-state index is 0.816. The van der Waals surface area contributed by atoms with Gasteiger partial charge in [-0.15, -0.1) is 11.3 Å². The fraction of sp³-hybridized carbons (Fsp3) is 0.222. The highest BCUT2D eigenvalue weighted by atomic mass is 32.1. The Morgan fingerprint density at radius 1 is 0.905 bits per heavy atom. The smallest absolute Gasteiger partial charge is 0.0642 e. The topological polar surface area (TPSA) is 12.5 Å². The Bertz CT molecular complexity index is 745. The van der Waals surface area contributed by atoms with Gasteiger partial charge in [0.25, 0.3) is 0 Å². The lowest BCUT2D eigenvalue weighted by Crippen LogP contribution is -2.36. The van der Waals surface area contributed by atoms with Crippen molar-refractivity contribution >= 4 is 27.8 Å². The standard InChI is InChI=1S/C18H17NOS/c1-2-5-15-14(4-1)7-8-16(19-9-11-20-12-10-19)18(15)17-6-3-13-21-17/h1-8,13H,9-12H2. The predicted molar refractivity (Wildman–Crippen MR) is 90.3 cm³/mol. The Morgan fingerprint density at radius 2 is 1.76 bits per heavy atom. The maximum atomic E-state index is 5.50. The van der Waals surface area contributed by atoms with Gasteiger partial charge in [-0.2, -0.15) is 0 Å². The van der Waals surface area contributed by atoms with E-state index in [9.17, 15) is 0 Å². The van der Waals surface area contributed by atoms with Crippen molar-refractivity contribution < 1.29 is 4.74 Å². The monoisotopic (exact) mass is 295 g/mol. The van der Waals surface area contributed by atoms with Gasteiger partial charge in [0.05, 0.1) is 13.2 Å². The fourth-order valence-electron chi connectivity index (χ4n) is 3.01. The molecule has 4 rings (SSSR count). The van der Waals surface area contributed by atoms with Gasteiger partial charge < -0.3 is 9.64 Å². The average Bonchev–Trinajstić information content (AvgIpc) is 3.08. The number of hydrogen-bond acceptors (Lipinski definition) is 3. The Hall–Kier alpha value is -1.84. The van der Waals surface area contributed by atoms with Crippen LogP contribution in [0.1, 0.15) is 0 Å². The first kappa shape index (κ1) is 12.9. The molecule has 0 spiro atoms. The lowest BCUT2D eigenvalue weighted by atomic mass is 10.0. The van der Waals surface area contributed by atoms with Crippen LogP contribution in [0.3, 0.4) is 0 Å². The second kappa shape index (κ2) is 5.51. The Labute approximate surface area is 128 Å². The van der Waals surface area contributed by atoms with Crippen LogP contribution in [0.2, 0.25) is 0 Å². The Morgan fingerprint density at radius 3 is 2.57 bits per heavy atom. The third-order valence-corrected chi connectivity index (χ3v) is 4.91. The van der Waals surface area contributed by atoms with Crippen LogP contribution in [0.5, 0.6) is 0 Å². The number of benzene rings is 2. The Kier molecular flexibility index (Phi) is 3.37. The maximum Gasteiger partial charge on any atom is 0.0642 e. The van der Waals surface area contributed by atoms with E-state index in [0.717, 1.165) is 26.3 Å². The first-order valence-corrected chi connectivity index (χ1v) is 8.20. The summed E-state index contributed by atoms with van der Waals surface area (Å²) in [7, 11) is 0. The highest BCUT2D eigenvalue weighted by molar-refractivity contribution is 7.13. The van der Waals surface area contributed by atoms with Gasteiger partial charge in [-0.3, -0.25) is 0 Å². The summed E-state index contributed by atoms with van der Waals surface area (Å²) in [5.74, 6) is 0. The maximum absolute atomic E-state index is 5.50. The van der Waals surface area contributed by atoms with E-state index in [4.69, 9.17) is 4.74 Å². The van der Waals surface area contributed by atoms with Gasteiger partial charge >= 0.3 is 0 Å². The van der Waals surface area contributed by atoms with E-state index in [0.29, 0.717) is 0 Å². The predicted octanol–water partition coefficient (Wildman–Crippen LogP) is 4.40. The van der Waals surface area contributed by atoms with Gasteiger partial charge in [-0.1, -0.05) is 36.4 Å². The summed E-state index contributed by atoms with van der Waals surface area (Å²) >= 11 is 1.81. The minimum atomic E-state index is 0.816. The van der Waals surface area contributed by atoms with E-state index < -0.39 is 0 Å². The molecule has 0 N–H and O–H groups in total. The second-order valence-corrected chi connectivity index (χ2v) is 6.21. The van der Waals surface area contributed by atoms with Crippen molar-refractivity contribution in [2.75, 3.05) is 31.2 Å². The second-order valence-electron chi connectivity index (χ2n) is 5.26. The van der Waals surface area contributed by atoms with Gasteiger partial charge in [0.2, 0.25) is 0 Å². The van der Waals surface area contributed by atoms with Crippen LogP contribution in [-0.2, 0) is 4.74 Å². The largest absolute Gasteiger partial charge is 0.378 e. The zero-order chi connectivity index (χ0) is 14.1. The van der Waals surface area contributed by atoms with Crippen LogP contribution in [0.15, 0.2) is 53.9 Å². The molecule has 1 fully saturated rings. The molecule has 0 radical (unpaired) electrons. The van der Waals surface area contributed by atoms with Crippen LogP contribution in [0.25, 0.3) is 21.2 Å². The van der Waals surface area contributed by atoms with Gasteiger partial charge in [0, 0.05) is 29.2 Å². The summed E-state index contributed by atoms with van der Waals surface area (Å²) in [4.78, 5) is 3.79. The van der Waals surface area contributed by atoms with Crippen LogP contribution in [-0.4, -0.2) is 26.3 Å². The first-order chi connectivity index (χ1) is 10.4. The highest BCUT2D eigenvalue weighted by Crippen LogP contribution is 2.39. The average molecular weight is 295 g/mol. The molecule has 1 aromatic heterocycles. The fourth-order valence-corrected chi connectivity index (χ4v) is 3.80. The summed E-state index contributed by atoms with van der Waals surface area (Å²) in [6, 6.07) is 17.5. The number of anilines is 1. The van der Waals surface area contributed by atoms with Gasteiger partial charge in [0.15, 0.2) is 0 Å². The number of thiophene rings is 1. The van der Waals surface area contributed by atoms with Crippen molar-refractivity contribution in [1.29, 1.82) is 0 Å². The molecule has 3 aromatic rings. The molecule has 1 saturated heterocycles. The summed E-state index contributed by atoms with van der Waals surface area (Å²) in [6.07, 6.45) is 0. The zero-order valence-corrected chi connectivity index (χ0v) is 12.6. The molecule has 0 saturated carbocycles. The van der Waals surface area contributed by atoms with E-state index in [1.807, 2.05) is 11.3 Å². The molecule has 1 aliphatic heterocycles. The van der Waals surface area contributed by atoms with Crippen molar-refractivity contribution in [3.63, 3.8) is 0 Å². The van der Waals surface area contributed by atoms with Gasteiger partial charge in [-0.05, 0) is 28.3 Å². The number of hydrogen-bond donors (Lipinski definition) is 0. The molecule has 2 nitrogen and oxygen atoms in total. The molecule has 2 heterocycles. The lowest BCUT2D eigenvalue weighted by molar-refractivity contribution is 0.123. The molecule has 0 aliphatic carbocycles. The lowest BCUT2D eigenvalue weighted by Gasteiger charge is -2.31. The highest BCUT2D eigenvalue weighted by Gasteiger charge is 2.18. The molecule has 21 heavy (non-hydrogen) atoms. The zero-order valence-electron chi connectivity index (χ0n) is 11.8. The Balaban J connectivity index is 1.95. The van der Waals surface area contributed by atoms with Crippen molar-refractivity contribution in [3.05, 3.63) is 53.9 Å². The molecule has 1 aliphatic rings. The number of morpholine rings is 1. The quantitative estimate of drug-likeness (QED) is 0.694. The molecule has 2 aromatic carbocycles. The van der Waals surface area contributed by atoms with Crippen molar-refractivity contribution in [2.45, 2.75) is 0 Å². The molecule has 3 heteroatoms. The van der Waals surface area contributed by atoms with Crippen molar-refractivity contribution in [1.82, 2.24) is 0 Å². The third-order valence-electron chi connectivity index (χ3n) is 4.03. The van der Waals surface area contributed by atoms with Crippen molar-refractivity contribution in [3.8, 4) is 10.4 Å². The normalized spacial score (nSPS) is 15.5. The molecule has 0 bridgehead atoms. The summed E-state index contributed by atoms with van der Waals surface area (Å²) in [6.45, 7) is 3.57. The summed E-state index contributed by atoms with van der Waals surface area (Å²) in [5.41, 5.74) is 2.70. The van der Waals surface area contributed by atoms with E-state index in [1.165, 1.54) is 26.9 Å². The summed E-state index contributed by atoms with van der Waals surface area (Å²) in [5, 5.41) is 4.79. The van der Waals surface area contributed by atoms with Gasteiger partial charge in [-0.25, -0.2) is 0 Å². The third kappa shape index (κ3) is 2.33. The molecule has 0 unspecified atom stereocenters. The molecular weight excluding hydrogens is 278 g/mol. The van der Waals surface area contributed by atoms with E-state index in [2.05, 4.69) is 58.8 Å². The SMILES string of the molecule is c1csc(-c2c(N3CCOCC3)ccc3ccccc23)c1. The van der Waals surface area contributed by atoms with E-state index in [-0.39, 0.29) is 0 Å². The number of rotatable bonds is 2. The van der Waals surface area contributed by atoms with Crippen LogP contribution in [0.4, 0.5) is 5.69 Å². The van der Waals surface area contributed by atoms with E-state index >= 15 is 0 Å². The van der Waals surface area contributed by atoms with Crippen molar-refractivity contribution in [2.24, 2.45) is 0 Å². The van der Waals surface area contributed by atoms with Crippen LogP contribution < -0.4 is 4.90 Å². The number of nitrogens with zero attached hydrogens (tertiary/aromatic N) is 1. The molecule has 106 valence electrons. The number of ether oxygens (including phenoxy) is 1.